The lowest BCUT2D eigenvalue weighted by atomic mass is 10.6. The molecule has 76 valence electrons. The summed E-state index contributed by atoms with van der Waals surface area (Å²) in [5, 5.41) is 12.3. The van der Waals surface area contributed by atoms with E-state index in [9.17, 15) is 4.79 Å². The van der Waals surface area contributed by atoms with E-state index >= 15 is 0 Å². The number of carboxylic acid groups (broad SMARTS) is 1. The molecular weight excluding hydrogens is 217 g/mol. The molecule has 0 aliphatic heterocycles. The van der Waals surface area contributed by atoms with Gasteiger partial charge in [0.2, 0.25) is 0 Å². The predicted octanol–water partition coefficient (Wildman–Crippen LogP) is 0.823. The molecule has 0 spiro atoms. The van der Waals surface area contributed by atoms with Crippen LogP contribution in [-0.4, -0.2) is 25.8 Å². The summed E-state index contributed by atoms with van der Waals surface area (Å²) in [5.74, 6) is 0.326. The van der Waals surface area contributed by atoms with Crippen LogP contribution in [0.15, 0.2) is 0 Å². The molecule has 1 N–H and O–H groups in total. The van der Waals surface area contributed by atoms with Gasteiger partial charge in [-0.3, -0.25) is 4.79 Å². The average molecular weight is 228 g/mol. The third-order valence-corrected chi connectivity index (χ3v) is 1.25. The topological polar surface area (TPSA) is 68.0 Å². The standard InChI is InChI=1S/C6H9N3O2.2ClH/c1-4-7-5(2)9(8-4)3-6(10)11;;/h3H2,1-2H3,(H,10,11);2*1H. The largest absolute Gasteiger partial charge is 0.480 e. The van der Waals surface area contributed by atoms with Gasteiger partial charge in [0.1, 0.15) is 18.2 Å². The van der Waals surface area contributed by atoms with Gasteiger partial charge >= 0.3 is 5.97 Å². The van der Waals surface area contributed by atoms with Crippen LogP contribution in [0, 0.1) is 13.8 Å². The van der Waals surface area contributed by atoms with E-state index in [4.69, 9.17) is 5.11 Å². The van der Waals surface area contributed by atoms with E-state index in [1.807, 2.05) is 0 Å². The van der Waals surface area contributed by atoms with E-state index in [0.29, 0.717) is 11.6 Å². The monoisotopic (exact) mass is 227 g/mol. The van der Waals surface area contributed by atoms with Gasteiger partial charge in [-0.15, -0.1) is 24.8 Å². The first-order valence-electron chi connectivity index (χ1n) is 3.19. The lowest BCUT2D eigenvalue weighted by Crippen LogP contribution is -2.11. The molecule has 0 radical (unpaired) electrons. The molecule has 0 unspecified atom stereocenters. The van der Waals surface area contributed by atoms with Crippen LogP contribution in [0.5, 0.6) is 0 Å². The molecule has 0 saturated carbocycles. The van der Waals surface area contributed by atoms with Crippen LogP contribution in [0.4, 0.5) is 0 Å². The van der Waals surface area contributed by atoms with Gasteiger partial charge in [0.15, 0.2) is 0 Å². The number of halogens is 2. The zero-order valence-corrected chi connectivity index (χ0v) is 8.85. The van der Waals surface area contributed by atoms with Gasteiger partial charge in [0, 0.05) is 0 Å². The number of hydrogen-bond donors (Lipinski definition) is 1. The van der Waals surface area contributed by atoms with Gasteiger partial charge in [-0.1, -0.05) is 0 Å². The smallest absolute Gasteiger partial charge is 0.325 e. The first kappa shape index (κ1) is 14.7. The molecule has 0 aliphatic carbocycles. The minimum absolute atomic E-state index is 0. The quantitative estimate of drug-likeness (QED) is 0.813. The van der Waals surface area contributed by atoms with Crippen molar-refractivity contribution in [1.29, 1.82) is 0 Å². The van der Waals surface area contributed by atoms with Crippen LogP contribution < -0.4 is 0 Å². The first-order valence-corrected chi connectivity index (χ1v) is 3.19. The molecule has 13 heavy (non-hydrogen) atoms. The van der Waals surface area contributed by atoms with Gasteiger partial charge in [-0.2, -0.15) is 5.10 Å². The van der Waals surface area contributed by atoms with Crippen LogP contribution in [0.3, 0.4) is 0 Å². The Hall–Kier alpha value is -0.810. The third-order valence-electron chi connectivity index (χ3n) is 1.25. The van der Waals surface area contributed by atoms with E-state index in [0.717, 1.165) is 0 Å². The van der Waals surface area contributed by atoms with Gasteiger partial charge in [0.05, 0.1) is 0 Å². The number of hydrogen-bond acceptors (Lipinski definition) is 3. The molecular formula is C6H11Cl2N3O2. The Bertz CT molecular complexity index is 287. The summed E-state index contributed by atoms with van der Waals surface area (Å²) in [5.41, 5.74) is 0. The molecule has 0 saturated heterocycles. The van der Waals surface area contributed by atoms with Crippen molar-refractivity contribution < 1.29 is 9.90 Å². The molecule has 5 nitrogen and oxygen atoms in total. The molecule has 0 aliphatic rings. The Morgan fingerprint density at radius 2 is 2.00 bits per heavy atom. The molecule has 1 rings (SSSR count). The SMILES string of the molecule is Cc1nc(C)n(CC(=O)O)n1.Cl.Cl. The molecule has 7 heteroatoms. The zero-order chi connectivity index (χ0) is 8.43. The minimum Gasteiger partial charge on any atom is -0.480 e. The number of aromatic nitrogens is 3. The summed E-state index contributed by atoms with van der Waals surface area (Å²) >= 11 is 0. The molecule has 1 heterocycles. The van der Waals surface area contributed by atoms with Crippen molar-refractivity contribution in [2.45, 2.75) is 20.4 Å². The second kappa shape index (κ2) is 5.77. The Labute approximate surface area is 88.0 Å². The normalized spacial score (nSPS) is 8.46. The number of nitrogens with zero attached hydrogens (tertiary/aromatic N) is 3. The number of carbonyl (C=O) groups is 1. The number of aryl methyl sites for hydroxylation is 2. The maximum absolute atomic E-state index is 10.2. The van der Waals surface area contributed by atoms with Crippen LogP contribution in [0.2, 0.25) is 0 Å². The van der Waals surface area contributed by atoms with Crippen LogP contribution in [-0.2, 0) is 11.3 Å². The Kier molecular flexibility index (Phi) is 6.53. The van der Waals surface area contributed by atoms with E-state index in [-0.39, 0.29) is 31.4 Å². The maximum atomic E-state index is 10.2. The van der Waals surface area contributed by atoms with Crippen molar-refractivity contribution in [3.63, 3.8) is 0 Å². The summed E-state index contributed by atoms with van der Waals surface area (Å²) in [4.78, 5) is 14.2. The lowest BCUT2D eigenvalue weighted by Gasteiger charge is -1.95. The van der Waals surface area contributed by atoms with Gasteiger partial charge < -0.3 is 5.11 Å². The van der Waals surface area contributed by atoms with Crippen LogP contribution in [0.25, 0.3) is 0 Å². The highest BCUT2D eigenvalue weighted by atomic mass is 35.5. The third kappa shape index (κ3) is 4.10. The first-order chi connectivity index (χ1) is 5.09. The van der Waals surface area contributed by atoms with Crippen LogP contribution in [0.1, 0.15) is 11.6 Å². The van der Waals surface area contributed by atoms with Crippen molar-refractivity contribution >= 4 is 30.8 Å². The second-order valence-corrected chi connectivity index (χ2v) is 2.26. The Morgan fingerprint density at radius 1 is 1.46 bits per heavy atom. The molecule has 1 aromatic heterocycles. The minimum atomic E-state index is -0.905. The van der Waals surface area contributed by atoms with Gasteiger partial charge in [-0.25, -0.2) is 9.67 Å². The number of carboxylic acids is 1. The Balaban J connectivity index is 0. The molecule has 0 amide bonds. The van der Waals surface area contributed by atoms with Crippen molar-refractivity contribution in [2.24, 2.45) is 0 Å². The zero-order valence-electron chi connectivity index (χ0n) is 7.22. The fourth-order valence-electron chi connectivity index (χ4n) is 0.839. The highest BCUT2D eigenvalue weighted by Crippen LogP contribution is 1.94. The molecule has 0 bridgehead atoms. The molecule has 0 atom stereocenters. The van der Waals surface area contributed by atoms with Gasteiger partial charge in [0.25, 0.3) is 0 Å². The molecule has 1 aromatic rings. The van der Waals surface area contributed by atoms with Gasteiger partial charge in [-0.05, 0) is 13.8 Å². The highest BCUT2D eigenvalue weighted by molar-refractivity contribution is 5.85. The fraction of sp³-hybridized carbons (Fsp3) is 0.500. The summed E-state index contributed by atoms with van der Waals surface area (Å²) in [6, 6.07) is 0. The van der Waals surface area contributed by atoms with Crippen molar-refractivity contribution in [2.75, 3.05) is 0 Å². The lowest BCUT2D eigenvalue weighted by molar-refractivity contribution is -0.137. The van der Waals surface area contributed by atoms with E-state index in [1.54, 1.807) is 13.8 Å². The predicted molar refractivity (Wildman–Crippen MR) is 51.6 cm³/mol. The van der Waals surface area contributed by atoms with Crippen molar-refractivity contribution in [1.82, 2.24) is 14.8 Å². The van der Waals surface area contributed by atoms with Crippen molar-refractivity contribution in [3.05, 3.63) is 11.6 Å². The summed E-state index contributed by atoms with van der Waals surface area (Å²) in [6.45, 7) is 3.33. The molecule has 0 aromatic carbocycles. The van der Waals surface area contributed by atoms with E-state index < -0.39 is 5.97 Å². The Morgan fingerprint density at radius 3 is 2.31 bits per heavy atom. The average Bonchev–Trinajstić information content (AvgIpc) is 2.09. The number of aliphatic carboxylic acids is 1. The van der Waals surface area contributed by atoms with E-state index in [1.165, 1.54) is 4.68 Å². The maximum Gasteiger partial charge on any atom is 0.325 e. The van der Waals surface area contributed by atoms with Crippen molar-refractivity contribution in [3.8, 4) is 0 Å². The second-order valence-electron chi connectivity index (χ2n) is 2.26. The highest BCUT2D eigenvalue weighted by Gasteiger charge is 2.04. The summed E-state index contributed by atoms with van der Waals surface area (Å²) in [7, 11) is 0. The summed E-state index contributed by atoms with van der Waals surface area (Å²) in [6.07, 6.45) is 0. The van der Waals surface area contributed by atoms with E-state index in [2.05, 4.69) is 10.1 Å². The fourth-order valence-corrected chi connectivity index (χ4v) is 0.839. The number of rotatable bonds is 2. The van der Waals surface area contributed by atoms with Crippen LogP contribution >= 0.6 is 24.8 Å². The molecule has 0 fully saturated rings. The summed E-state index contributed by atoms with van der Waals surface area (Å²) < 4.78 is 1.36.